The molecule has 2 saturated heterocycles. The summed E-state index contributed by atoms with van der Waals surface area (Å²) in [6, 6.07) is 10.9. The van der Waals surface area contributed by atoms with Crippen molar-refractivity contribution < 1.29 is 19.1 Å². The van der Waals surface area contributed by atoms with Gasteiger partial charge in [0.1, 0.15) is 6.54 Å². The number of carbonyl (C=O) groups excluding carboxylic acids is 3. The standard InChI is InChI=1S/C28H27Cl2N3O4S/c1-2-17-5-3-7-22-19(14-32(26(17)22)16-25(34)31-13-21-6-4-10-37-21)11-24-27(35)33(28(36)38-24)15-18-8-9-20(29)12-23(18)30/h3,5,7-9,11-12,14,21H,2,4,6,10,13,15-16H2,1H3,(H,31,34)/b24-11-/t21-/m0/s1. The SMILES string of the molecule is CCc1cccc2c(/C=C3\SC(=O)N(Cc4ccc(Cl)cc4Cl)C3=O)cn(CC(=O)NC[C@@H]3CCCO3)c12. The van der Waals surface area contributed by atoms with Crippen molar-refractivity contribution in [3.63, 3.8) is 0 Å². The summed E-state index contributed by atoms with van der Waals surface area (Å²) in [5, 5.41) is 4.42. The molecule has 1 N–H and O–H groups in total. The molecular formula is C28H27Cl2N3O4S. The third-order valence-corrected chi connectivity index (χ3v) is 8.26. The van der Waals surface area contributed by atoms with Crippen LogP contribution in [0.25, 0.3) is 17.0 Å². The molecule has 1 atom stereocenters. The fraction of sp³-hybridized carbons (Fsp3) is 0.321. The van der Waals surface area contributed by atoms with Crippen LogP contribution in [0, 0.1) is 0 Å². The number of fused-ring (bicyclic) bond motifs is 1. The molecule has 198 valence electrons. The number of benzene rings is 2. The van der Waals surface area contributed by atoms with Crippen LogP contribution < -0.4 is 5.32 Å². The molecular weight excluding hydrogens is 545 g/mol. The van der Waals surface area contributed by atoms with Gasteiger partial charge < -0.3 is 14.6 Å². The van der Waals surface area contributed by atoms with E-state index in [1.165, 1.54) is 4.90 Å². The van der Waals surface area contributed by atoms with Crippen LogP contribution >= 0.6 is 35.0 Å². The van der Waals surface area contributed by atoms with E-state index < -0.39 is 0 Å². The fourth-order valence-electron chi connectivity index (χ4n) is 4.83. The first-order valence-electron chi connectivity index (χ1n) is 12.5. The Labute approximate surface area is 235 Å². The van der Waals surface area contributed by atoms with Gasteiger partial charge in [-0.25, -0.2) is 0 Å². The van der Waals surface area contributed by atoms with Crippen molar-refractivity contribution in [1.29, 1.82) is 0 Å². The van der Waals surface area contributed by atoms with Gasteiger partial charge in [-0.15, -0.1) is 0 Å². The second kappa shape index (κ2) is 11.5. The number of halogens is 2. The van der Waals surface area contributed by atoms with Crippen molar-refractivity contribution in [3.05, 3.63) is 74.2 Å². The van der Waals surface area contributed by atoms with E-state index in [1.807, 2.05) is 29.0 Å². The molecule has 0 unspecified atom stereocenters. The van der Waals surface area contributed by atoms with Gasteiger partial charge in [0.25, 0.3) is 11.1 Å². The summed E-state index contributed by atoms with van der Waals surface area (Å²) < 4.78 is 7.53. The molecule has 2 aromatic carbocycles. The highest BCUT2D eigenvalue weighted by Gasteiger charge is 2.35. The van der Waals surface area contributed by atoms with Crippen LogP contribution in [0.5, 0.6) is 0 Å². The van der Waals surface area contributed by atoms with Crippen molar-refractivity contribution in [1.82, 2.24) is 14.8 Å². The number of carbonyl (C=O) groups is 3. The molecule has 2 aliphatic rings. The number of rotatable bonds is 8. The minimum Gasteiger partial charge on any atom is -0.376 e. The molecule has 2 aliphatic heterocycles. The van der Waals surface area contributed by atoms with Crippen LogP contribution in [0.3, 0.4) is 0 Å². The molecule has 1 aromatic heterocycles. The maximum absolute atomic E-state index is 13.2. The Hall–Kier alpha value is -2.78. The molecule has 2 fully saturated rings. The second-order valence-corrected chi connectivity index (χ2v) is 11.2. The van der Waals surface area contributed by atoms with Gasteiger partial charge in [0.05, 0.1) is 23.1 Å². The van der Waals surface area contributed by atoms with E-state index in [2.05, 4.69) is 12.2 Å². The molecule has 10 heteroatoms. The average molecular weight is 573 g/mol. The number of thioether (sulfide) groups is 1. The lowest BCUT2D eigenvalue weighted by Crippen LogP contribution is -2.34. The van der Waals surface area contributed by atoms with Crippen LogP contribution in [0.4, 0.5) is 4.79 Å². The maximum Gasteiger partial charge on any atom is 0.293 e. The number of amides is 3. The van der Waals surface area contributed by atoms with Crippen LogP contribution in [0.2, 0.25) is 10.0 Å². The summed E-state index contributed by atoms with van der Waals surface area (Å²) in [4.78, 5) is 40.3. The average Bonchev–Trinajstić information content (AvgIpc) is 3.60. The molecule has 0 spiro atoms. The first kappa shape index (κ1) is 26.8. The number of ether oxygens (including phenoxy) is 1. The molecule has 5 rings (SSSR count). The van der Waals surface area contributed by atoms with E-state index in [1.54, 1.807) is 24.3 Å². The molecule has 0 bridgehead atoms. The van der Waals surface area contributed by atoms with Crippen LogP contribution in [0.1, 0.15) is 36.5 Å². The van der Waals surface area contributed by atoms with Crippen molar-refractivity contribution >= 4 is 69.0 Å². The van der Waals surface area contributed by atoms with E-state index in [0.29, 0.717) is 27.1 Å². The van der Waals surface area contributed by atoms with Gasteiger partial charge in [-0.2, -0.15) is 0 Å². The molecule has 0 saturated carbocycles. The number of aryl methyl sites for hydroxylation is 1. The van der Waals surface area contributed by atoms with Crippen LogP contribution in [-0.2, 0) is 33.8 Å². The lowest BCUT2D eigenvalue weighted by molar-refractivity contribution is -0.123. The molecule has 3 heterocycles. The van der Waals surface area contributed by atoms with E-state index in [4.69, 9.17) is 27.9 Å². The van der Waals surface area contributed by atoms with E-state index in [-0.39, 0.29) is 36.2 Å². The number of hydrogen-bond acceptors (Lipinski definition) is 5. The molecule has 0 aliphatic carbocycles. The first-order valence-corrected chi connectivity index (χ1v) is 14.1. The number of aromatic nitrogens is 1. The van der Waals surface area contributed by atoms with Gasteiger partial charge in [-0.05, 0) is 60.4 Å². The minimum absolute atomic E-state index is 0.0601. The topological polar surface area (TPSA) is 80.6 Å². The Bertz CT molecular complexity index is 1450. The van der Waals surface area contributed by atoms with E-state index in [0.717, 1.165) is 59.7 Å². The van der Waals surface area contributed by atoms with E-state index >= 15 is 0 Å². The number of para-hydroxylation sites is 1. The van der Waals surface area contributed by atoms with Gasteiger partial charge in [-0.1, -0.05) is 54.4 Å². The molecule has 3 amide bonds. The van der Waals surface area contributed by atoms with Gasteiger partial charge in [0.15, 0.2) is 0 Å². The molecule has 3 aromatic rings. The van der Waals surface area contributed by atoms with Crippen LogP contribution in [0.15, 0.2) is 47.5 Å². The summed E-state index contributed by atoms with van der Waals surface area (Å²) in [6.45, 7) is 3.51. The highest BCUT2D eigenvalue weighted by atomic mass is 35.5. The van der Waals surface area contributed by atoms with Crippen molar-refractivity contribution in [3.8, 4) is 0 Å². The Balaban J connectivity index is 1.40. The van der Waals surface area contributed by atoms with Crippen molar-refractivity contribution in [2.24, 2.45) is 0 Å². The number of nitrogens with one attached hydrogen (secondary N) is 1. The highest BCUT2D eigenvalue weighted by molar-refractivity contribution is 8.18. The minimum atomic E-state index is -0.382. The monoisotopic (exact) mass is 571 g/mol. The summed E-state index contributed by atoms with van der Waals surface area (Å²) in [6.07, 6.45) is 6.44. The number of imide groups is 1. The molecule has 0 radical (unpaired) electrons. The zero-order chi connectivity index (χ0) is 26.8. The lowest BCUT2D eigenvalue weighted by Gasteiger charge is -2.13. The largest absolute Gasteiger partial charge is 0.376 e. The lowest BCUT2D eigenvalue weighted by atomic mass is 10.1. The Morgan fingerprint density at radius 1 is 1.21 bits per heavy atom. The van der Waals surface area contributed by atoms with Gasteiger partial charge in [0.2, 0.25) is 5.91 Å². The van der Waals surface area contributed by atoms with Crippen molar-refractivity contribution in [2.45, 2.75) is 45.4 Å². The smallest absolute Gasteiger partial charge is 0.293 e. The normalized spacial score (nSPS) is 18.8. The summed E-state index contributed by atoms with van der Waals surface area (Å²) in [7, 11) is 0. The Morgan fingerprint density at radius 2 is 2.05 bits per heavy atom. The first-order chi connectivity index (χ1) is 18.3. The van der Waals surface area contributed by atoms with Gasteiger partial charge in [0, 0.05) is 40.3 Å². The van der Waals surface area contributed by atoms with E-state index in [9.17, 15) is 14.4 Å². The second-order valence-electron chi connectivity index (χ2n) is 9.32. The quantitative estimate of drug-likeness (QED) is 0.333. The third kappa shape index (κ3) is 5.64. The molecule has 38 heavy (non-hydrogen) atoms. The molecule has 7 nitrogen and oxygen atoms in total. The maximum atomic E-state index is 13.2. The predicted octanol–water partition coefficient (Wildman–Crippen LogP) is 6.04. The summed E-state index contributed by atoms with van der Waals surface area (Å²) in [5.74, 6) is -0.483. The van der Waals surface area contributed by atoms with Crippen LogP contribution in [-0.4, -0.2) is 45.8 Å². The summed E-state index contributed by atoms with van der Waals surface area (Å²) in [5.41, 5.74) is 3.45. The van der Waals surface area contributed by atoms with Crippen molar-refractivity contribution in [2.75, 3.05) is 13.2 Å². The highest BCUT2D eigenvalue weighted by Crippen LogP contribution is 2.36. The number of hydrogen-bond donors (Lipinski definition) is 1. The Morgan fingerprint density at radius 3 is 2.79 bits per heavy atom. The fourth-order valence-corrected chi connectivity index (χ4v) is 6.13. The predicted molar refractivity (Wildman–Crippen MR) is 151 cm³/mol. The summed E-state index contributed by atoms with van der Waals surface area (Å²) >= 11 is 13.1. The number of nitrogens with zero attached hydrogens (tertiary/aromatic N) is 2. The zero-order valence-electron chi connectivity index (χ0n) is 20.8. The van der Waals surface area contributed by atoms with Gasteiger partial charge >= 0.3 is 0 Å². The third-order valence-electron chi connectivity index (χ3n) is 6.76. The zero-order valence-corrected chi connectivity index (χ0v) is 23.2. The van der Waals surface area contributed by atoms with Gasteiger partial charge in [-0.3, -0.25) is 19.3 Å². The Kier molecular flexibility index (Phi) is 8.14.